The van der Waals surface area contributed by atoms with Gasteiger partial charge in [0.05, 0.1) is 18.7 Å². The van der Waals surface area contributed by atoms with Crippen LogP contribution >= 0.6 is 23.1 Å². The minimum atomic E-state index is -0.396. The molecule has 9 heteroatoms. The lowest BCUT2D eigenvalue weighted by atomic mass is 10.1. The number of hydrogen-bond acceptors (Lipinski definition) is 7. The SMILES string of the molecule is O=C(Nc1nnc(SCc2ccccc2)s1)C1CC(=O)N(Cc2ccco2)C1. The third kappa shape index (κ3) is 4.60. The maximum Gasteiger partial charge on any atom is 0.231 e. The fourth-order valence-electron chi connectivity index (χ4n) is 2.94. The standard InChI is InChI=1S/C19H18N4O3S2/c24-16-9-14(10-23(16)11-15-7-4-8-26-15)17(25)20-18-21-22-19(28-18)27-12-13-5-2-1-3-6-13/h1-8,14H,9-12H2,(H,20,21,25). The van der Waals surface area contributed by atoms with Crippen LogP contribution in [0.15, 0.2) is 57.5 Å². The third-order valence-corrected chi connectivity index (χ3v) is 6.40. The summed E-state index contributed by atoms with van der Waals surface area (Å²) in [6.07, 6.45) is 1.77. The number of furan rings is 1. The van der Waals surface area contributed by atoms with Gasteiger partial charge in [-0.2, -0.15) is 0 Å². The summed E-state index contributed by atoms with van der Waals surface area (Å²) in [7, 11) is 0. The first-order valence-corrected chi connectivity index (χ1v) is 10.6. The van der Waals surface area contributed by atoms with E-state index in [4.69, 9.17) is 4.42 Å². The molecule has 28 heavy (non-hydrogen) atoms. The van der Waals surface area contributed by atoms with Crippen molar-refractivity contribution in [3.8, 4) is 0 Å². The van der Waals surface area contributed by atoms with Crippen molar-refractivity contribution in [3.63, 3.8) is 0 Å². The van der Waals surface area contributed by atoms with Gasteiger partial charge in [-0.05, 0) is 17.7 Å². The van der Waals surface area contributed by atoms with E-state index in [9.17, 15) is 9.59 Å². The van der Waals surface area contributed by atoms with Gasteiger partial charge in [0, 0.05) is 18.7 Å². The molecule has 0 saturated carbocycles. The van der Waals surface area contributed by atoms with Crippen LogP contribution in [0.5, 0.6) is 0 Å². The van der Waals surface area contributed by atoms with E-state index < -0.39 is 5.92 Å². The molecule has 0 radical (unpaired) electrons. The van der Waals surface area contributed by atoms with Gasteiger partial charge < -0.3 is 14.6 Å². The van der Waals surface area contributed by atoms with Crippen LogP contribution in [-0.2, 0) is 21.9 Å². The number of likely N-dealkylation sites (tertiary alicyclic amines) is 1. The molecular weight excluding hydrogens is 396 g/mol. The summed E-state index contributed by atoms with van der Waals surface area (Å²) in [4.78, 5) is 26.3. The zero-order valence-electron chi connectivity index (χ0n) is 14.9. The molecule has 1 aliphatic heterocycles. The van der Waals surface area contributed by atoms with Gasteiger partial charge in [0.15, 0.2) is 4.34 Å². The van der Waals surface area contributed by atoms with E-state index >= 15 is 0 Å². The molecule has 1 aliphatic rings. The normalized spacial score (nSPS) is 16.5. The molecule has 3 heterocycles. The van der Waals surface area contributed by atoms with Crippen LogP contribution in [-0.4, -0.2) is 33.5 Å². The maximum absolute atomic E-state index is 12.5. The molecule has 0 spiro atoms. The minimum absolute atomic E-state index is 0.0482. The fourth-order valence-corrected chi connectivity index (χ4v) is 4.65. The molecule has 7 nitrogen and oxygen atoms in total. The second-order valence-corrected chi connectivity index (χ2v) is 8.59. The number of aromatic nitrogens is 2. The molecule has 3 aromatic rings. The maximum atomic E-state index is 12.5. The van der Waals surface area contributed by atoms with Crippen LogP contribution in [0.3, 0.4) is 0 Å². The smallest absolute Gasteiger partial charge is 0.231 e. The molecule has 0 aliphatic carbocycles. The fraction of sp³-hybridized carbons (Fsp3) is 0.263. The van der Waals surface area contributed by atoms with Crippen molar-refractivity contribution in [1.29, 1.82) is 0 Å². The highest BCUT2D eigenvalue weighted by Gasteiger charge is 2.35. The van der Waals surface area contributed by atoms with E-state index in [-0.39, 0.29) is 18.2 Å². The van der Waals surface area contributed by atoms with E-state index in [1.807, 2.05) is 24.3 Å². The summed E-state index contributed by atoms with van der Waals surface area (Å²) in [6, 6.07) is 13.7. The monoisotopic (exact) mass is 414 g/mol. The van der Waals surface area contributed by atoms with Crippen LogP contribution < -0.4 is 5.32 Å². The van der Waals surface area contributed by atoms with Gasteiger partial charge >= 0.3 is 0 Å². The molecule has 2 amide bonds. The summed E-state index contributed by atoms with van der Waals surface area (Å²) in [5, 5.41) is 11.4. The number of rotatable bonds is 7. The Morgan fingerprint density at radius 2 is 2.11 bits per heavy atom. The number of amides is 2. The van der Waals surface area contributed by atoms with Crippen molar-refractivity contribution >= 4 is 40.0 Å². The lowest BCUT2D eigenvalue weighted by molar-refractivity contribution is -0.128. The van der Waals surface area contributed by atoms with Gasteiger partial charge in [-0.25, -0.2) is 0 Å². The molecule has 144 valence electrons. The third-order valence-electron chi connectivity index (χ3n) is 4.35. The second-order valence-electron chi connectivity index (χ2n) is 6.39. The summed E-state index contributed by atoms with van der Waals surface area (Å²) < 4.78 is 6.07. The van der Waals surface area contributed by atoms with Crippen LogP contribution in [0, 0.1) is 5.92 Å². The van der Waals surface area contributed by atoms with E-state index in [2.05, 4.69) is 27.6 Å². The van der Waals surface area contributed by atoms with Crippen molar-refractivity contribution < 1.29 is 14.0 Å². The van der Waals surface area contributed by atoms with Crippen molar-refractivity contribution in [2.45, 2.75) is 23.1 Å². The quantitative estimate of drug-likeness (QED) is 0.471. The van der Waals surface area contributed by atoms with Gasteiger partial charge in [-0.3, -0.25) is 9.59 Å². The Morgan fingerprint density at radius 3 is 2.89 bits per heavy atom. The topological polar surface area (TPSA) is 88.3 Å². The Labute approximate surface area is 170 Å². The average molecular weight is 415 g/mol. The predicted molar refractivity (Wildman–Crippen MR) is 107 cm³/mol. The first kappa shape index (κ1) is 18.7. The van der Waals surface area contributed by atoms with Gasteiger partial charge in [0.1, 0.15) is 5.76 Å². The number of carbonyl (C=O) groups excluding carboxylic acids is 2. The zero-order valence-corrected chi connectivity index (χ0v) is 16.5. The number of hydrogen-bond donors (Lipinski definition) is 1. The number of carbonyl (C=O) groups is 2. The lowest BCUT2D eigenvalue weighted by Gasteiger charge is -2.14. The highest BCUT2D eigenvalue weighted by molar-refractivity contribution is 8.00. The molecule has 1 saturated heterocycles. The number of nitrogens with one attached hydrogen (secondary N) is 1. The summed E-state index contributed by atoms with van der Waals surface area (Å²) >= 11 is 2.92. The first-order valence-electron chi connectivity index (χ1n) is 8.78. The lowest BCUT2D eigenvalue weighted by Crippen LogP contribution is -2.27. The van der Waals surface area contributed by atoms with Crippen LogP contribution in [0.1, 0.15) is 17.7 Å². The molecule has 1 atom stereocenters. The zero-order chi connectivity index (χ0) is 19.3. The van der Waals surface area contributed by atoms with Gasteiger partial charge in [-0.15, -0.1) is 10.2 Å². The molecule has 2 aromatic heterocycles. The van der Waals surface area contributed by atoms with Gasteiger partial charge in [-0.1, -0.05) is 53.4 Å². The van der Waals surface area contributed by atoms with Crippen molar-refractivity contribution in [2.24, 2.45) is 5.92 Å². The van der Waals surface area contributed by atoms with Crippen LogP contribution in [0.2, 0.25) is 0 Å². The minimum Gasteiger partial charge on any atom is -0.467 e. The molecule has 0 bridgehead atoms. The number of nitrogens with zero attached hydrogens (tertiary/aromatic N) is 3. The van der Waals surface area contributed by atoms with E-state index in [0.717, 1.165) is 10.1 Å². The van der Waals surface area contributed by atoms with Crippen molar-refractivity contribution in [2.75, 3.05) is 11.9 Å². The Morgan fingerprint density at radius 1 is 1.25 bits per heavy atom. The van der Waals surface area contributed by atoms with Crippen LogP contribution in [0.25, 0.3) is 0 Å². The number of thioether (sulfide) groups is 1. The molecular formula is C19H18N4O3S2. The molecule has 1 fully saturated rings. The Hall–Kier alpha value is -2.65. The second kappa shape index (κ2) is 8.57. The first-order chi connectivity index (χ1) is 13.7. The molecule has 1 unspecified atom stereocenters. The van der Waals surface area contributed by atoms with Gasteiger partial charge in [0.2, 0.25) is 16.9 Å². The van der Waals surface area contributed by atoms with E-state index in [1.165, 1.54) is 16.9 Å². The summed E-state index contributed by atoms with van der Waals surface area (Å²) in [5.41, 5.74) is 1.20. The van der Waals surface area contributed by atoms with Crippen LogP contribution in [0.4, 0.5) is 5.13 Å². The molecule has 4 rings (SSSR count). The molecule has 1 N–H and O–H groups in total. The largest absolute Gasteiger partial charge is 0.467 e. The number of benzene rings is 1. The van der Waals surface area contributed by atoms with Crippen molar-refractivity contribution in [1.82, 2.24) is 15.1 Å². The highest BCUT2D eigenvalue weighted by atomic mass is 32.2. The highest BCUT2D eigenvalue weighted by Crippen LogP contribution is 2.29. The average Bonchev–Trinajstić information content (AvgIpc) is 3.44. The van der Waals surface area contributed by atoms with E-state index in [0.29, 0.717) is 24.0 Å². The Balaban J connectivity index is 1.29. The van der Waals surface area contributed by atoms with Gasteiger partial charge in [0.25, 0.3) is 0 Å². The number of anilines is 1. The predicted octanol–water partition coefficient (Wildman–Crippen LogP) is 3.41. The summed E-state index contributed by atoms with van der Waals surface area (Å²) in [6.45, 7) is 0.758. The summed E-state index contributed by atoms with van der Waals surface area (Å²) in [5.74, 6) is 0.854. The Kier molecular flexibility index (Phi) is 5.73. The van der Waals surface area contributed by atoms with E-state index in [1.54, 1.807) is 29.0 Å². The molecule has 1 aromatic carbocycles. The Bertz CT molecular complexity index is 943. The van der Waals surface area contributed by atoms with Crippen molar-refractivity contribution in [3.05, 3.63) is 60.1 Å².